The predicted octanol–water partition coefficient (Wildman–Crippen LogP) is 5.11. The molecule has 20 heavy (non-hydrogen) atoms. The van der Waals surface area contributed by atoms with Gasteiger partial charge in [-0.2, -0.15) is 4.98 Å². The number of ether oxygens (including phenoxy) is 1. The summed E-state index contributed by atoms with van der Waals surface area (Å²) in [5.74, 6) is 1.13. The van der Waals surface area contributed by atoms with Crippen LogP contribution in [-0.2, 0) is 6.42 Å². The fourth-order valence-corrected chi connectivity index (χ4v) is 2.15. The normalized spacial score (nSPS) is 10.6. The molecule has 5 heteroatoms. The van der Waals surface area contributed by atoms with Crippen LogP contribution in [0.3, 0.4) is 0 Å². The van der Waals surface area contributed by atoms with Gasteiger partial charge in [0.1, 0.15) is 16.6 Å². The molecule has 2 aromatic rings. The lowest BCUT2D eigenvalue weighted by Crippen LogP contribution is -1.96. The van der Waals surface area contributed by atoms with Crippen molar-refractivity contribution in [2.45, 2.75) is 26.2 Å². The number of hydrogen-bond acceptors (Lipinski definition) is 3. The number of nitrogens with zero attached hydrogens (tertiary/aromatic N) is 1. The molecule has 2 N–H and O–H groups in total. The zero-order valence-corrected chi connectivity index (χ0v) is 12.7. The van der Waals surface area contributed by atoms with Crippen LogP contribution in [0.25, 0.3) is 0 Å². The summed E-state index contributed by atoms with van der Waals surface area (Å²) in [5.41, 5.74) is 6.93. The minimum Gasteiger partial charge on any atom is -0.437 e. The second-order valence-corrected chi connectivity index (χ2v) is 5.31. The molecule has 1 heterocycles. The second kappa shape index (κ2) is 6.82. The van der Waals surface area contributed by atoms with Crippen molar-refractivity contribution >= 4 is 29.0 Å². The highest BCUT2D eigenvalue weighted by Crippen LogP contribution is 2.32. The van der Waals surface area contributed by atoms with E-state index in [4.69, 9.17) is 33.7 Å². The number of anilines is 1. The van der Waals surface area contributed by atoms with Gasteiger partial charge in [0.2, 0.25) is 5.88 Å². The monoisotopic (exact) mass is 310 g/mol. The Balaban J connectivity index is 2.12. The van der Waals surface area contributed by atoms with Gasteiger partial charge in [-0.1, -0.05) is 48.7 Å². The fraction of sp³-hybridized carbons (Fsp3) is 0.267. The van der Waals surface area contributed by atoms with E-state index in [1.165, 1.54) is 24.5 Å². The maximum Gasteiger partial charge on any atom is 0.240 e. The van der Waals surface area contributed by atoms with Crippen molar-refractivity contribution in [1.29, 1.82) is 0 Å². The Morgan fingerprint density at radius 1 is 1.15 bits per heavy atom. The van der Waals surface area contributed by atoms with Crippen molar-refractivity contribution in [3.8, 4) is 11.6 Å². The maximum absolute atomic E-state index is 6.02. The van der Waals surface area contributed by atoms with Gasteiger partial charge in [-0.15, -0.1) is 0 Å². The van der Waals surface area contributed by atoms with Crippen LogP contribution in [0.4, 0.5) is 5.82 Å². The van der Waals surface area contributed by atoms with E-state index < -0.39 is 0 Å². The van der Waals surface area contributed by atoms with Crippen LogP contribution in [0.5, 0.6) is 11.6 Å². The number of nitrogens with two attached hydrogens (primary N) is 1. The van der Waals surface area contributed by atoms with Gasteiger partial charge in [-0.25, -0.2) is 0 Å². The molecule has 0 aliphatic carbocycles. The third-order valence-corrected chi connectivity index (χ3v) is 3.45. The van der Waals surface area contributed by atoms with Crippen LogP contribution >= 0.6 is 23.2 Å². The number of rotatable bonds is 5. The minimum absolute atomic E-state index is 0.200. The predicted molar refractivity (Wildman–Crippen MR) is 83.8 cm³/mol. The van der Waals surface area contributed by atoms with Gasteiger partial charge in [-0.3, -0.25) is 0 Å². The Kier molecular flexibility index (Phi) is 5.10. The summed E-state index contributed by atoms with van der Waals surface area (Å²) in [6.45, 7) is 2.18. The topological polar surface area (TPSA) is 48.1 Å². The summed E-state index contributed by atoms with van der Waals surface area (Å²) in [4.78, 5) is 4.03. The number of aromatic nitrogens is 1. The first kappa shape index (κ1) is 14.9. The first-order valence-electron chi connectivity index (χ1n) is 6.48. The zero-order valence-electron chi connectivity index (χ0n) is 11.2. The van der Waals surface area contributed by atoms with E-state index in [2.05, 4.69) is 11.9 Å². The molecule has 0 spiro atoms. The lowest BCUT2D eigenvalue weighted by Gasteiger charge is -2.09. The number of unbranched alkanes of at least 4 members (excludes halogenated alkanes) is 1. The van der Waals surface area contributed by atoms with E-state index in [9.17, 15) is 0 Å². The standard InChI is InChI=1S/C15H16Cl2N2O/c1-2-3-4-10-5-7-11(8-6-10)20-15-13(17)9-12(16)14(18)19-15/h5-9H,2-4H2,1H3,(H2,18,19). The molecule has 0 fully saturated rings. The molecule has 0 radical (unpaired) electrons. The molecule has 0 saturated heterocycles. The summed E-state index contributed by atoms with van der Waals surface area (Å²) in [6, 6.07) is 9.40. The van der Waals surface area contributed by atoms with Crippen LogP contribution in [-0.4, -0.2) is 4.98 Å². The van der Waals surface area contributed by atoms with Gasteiger partial charge >= 0.3 is 0 Å². The highest BCUT2D eigenvalue weighted by atomic mass is 35.5. The average molecular weight is 311 g/mol. The van der Waals surface area contributed by atoms with E-state index in [1.807, 2.05) is 24.3 Å². The molecular weight excluding hydrogens is 295 g/mol. The van der Waals surface area contributed by atoms with Crippen molar-refractivity contribution in [1.82, 2.24) is 4.98 Å². The summed E-state index contributed by atoms with van der Waals surface area (Å²) in [5, 5.41) is 0.650. The molecule has 1 aromatic carbocycles. The van der Waals surface area contributed by atoms with Crippen molar-refractivity contribution in [2.24, 2.45) is 0 Å². The average Bonchev–Trinajstić information content (AvgIpc) is 2.44. The number of benzene rings is 1. The molecule has 0 bridgehead atoms. The molecule has 0 amide bonds. The van der Waals surface area contributed by atoms with E-state index in [1.54, 1.807) is 0 Å². The van der Waals surface area contributed by atoms with Crippen molar-refractivity contribution in [2.75, 3.05) is 5.73 Å². The van der Waals surface area contributed by atoms with Crippen LogP contribution in [0.15, 0.2) is 30.3 Å². The summed E-state index contributed by atoms with van der Waals surface area (Å²) < 4.78 is 5.62. The summed E-state index contributed by atoms with van der Waals surface area (Å²) >= 11 is 11.9. The molecule has 3 nitrogen and oxygen atoms in total. The van der Waals surface area contributed by atoms with Gasteiger partial charge in [0, 0.05) is 0 Å². The van der Waals surface area contributed by atoms with E-state index in [0.717, 1.165) is 6.42 Å². The maximum atomic E-state index is 6.02. The highest BCUT2D eigenvalue weighted by Gasteiger charge is 2.09. The third kappa shape index (κ3) is 3.78. The molecule has 106 valence electrons. The van der Waals surface area contributed by atoms with E-state index in [0.29, 0.717) is 15.8 Å². The van der Waals surface area contributed by atoms with Crippen molar-refractivity contribution < 1.29 is 4.74 Å². The molecule has 2 rings (SSSR count). The quantitative estimate of drug-likeness (QED) is 0.835. The Morgan fingerprint density at radius 3 is 2.50 bits per heavy atom. The number of pyridine rings is 1. The van der Waals surface area contributed by atoms with Gasteiger partial charge in [0.05, 0.1) is 5.02 Å². The zero-order chi connectivity index (χ0) is 14.5. The largest absolute Gasteiger partial charge is 0.437 e. The second-order valence-electron chi connectivity index (χ2n) is 4.49. The van der Waals surface area contributed by atoms with Gasteiger partial charge in [0.15, 0.2) is 0 Å². The van der Waals surface area contributed by atoms with E-state index in [-0.39, 0.29) is 11.7 Å². The summed E-state index contributed by atoms with van der Waals surface area (Å²) in [6.07, 6.45) is 3.44. The van der Waals surface area contributed by atoms with Crippen LogP contribution in [0.1, 0.15) is 25.3 Å². The Hall–Kier alpha value is -1.45. The molecule has 0 atom stereocenters. The molecule has 0 aliphatic heterocycles. The SMILES string of the molecule is CCCCc1ccc(Oc2nc(N)c(Cl)cc2Cl)cc1. The number of nitrogen functional groups attached to an aromatic ring is 1. The van der Waals surface area contributed by atoms with Crippen LogP contribution < -0.4 is 10.5 Å². The van der Waals surface area contributed by atoms with Crippen LogP contribution in [0, 0.1) is 0 Å². The first-order chi connectivity index (χ1) is 9.60. The van der Waals surface area contributed by atoms with Gasteiger partial charge < -0.3 is 10.5 Å². The van der Waals surface area contributed by atoms with E-state index >= 15 is 0 Å². The number of hydrogen-bond donors (Lipinski definition) is 1. The number of halogens is 2. The van der Waals surface area contributed by atoms with Gasteiger partial charge in [-0.05, 0) is 36.6 Å². The lowest BCUT2D eigenvalue weighted by molar-refractivity contribution is 0.464. The molecule has 0 saturated carbocycles. The van der Waals surface area contributed by atoms with Crippen molar-refractivity contribution in [3.05, 3.63) is 45.9 Å². The summed E-state index contributed by atoms with van der Waals surface area (Å²) in [7, 11) is 0. The van der Waals surface area contributed by atoms with Gasteiger partial charge in [0.25, 0.3) is 0 Å². The number of aryl methyl sites for hydroxylation is 1. The molecular formula is C15H16Cl2N2O. The Bertz CT molecular complexity index is 585. The third-order valence-electron chi connectivity index (χ3n) is 2.88. The molecule has 1 aromatic heterocycles. The minimum atomic E-state index is 0.200. The Labute approximate surface area is 128 Å². The lowest BCUT2D eigenvalue weighted by atomic mass is 10.1. The van der Waals surface area contributed by atoms with Crippen molar-refractivity contribution in [3.63, 3.8) is 0 Å². The Morgan fingerprint density at radius 2 is 1.85 bits per heavy atom. The fourth-order valence-electron chi connectivity index (χ4n) is 1.75. The highest BCUT2D eigenvalue weighted by molar-refractivity contribution is 6.36. The first-order valence-corrected chi connectivity index (χ1v) is 7.24. The van der Waals surface area contributed by atoms with Crippen LogP contribution in [0.2, 0.25) is 10.0 Å². The molecule has 0 aliphatic rings. The smallest absolute Gasteiger partial charge is 0.240 e. The molecule has 0 unspecified atom stereocenters.